The van der Waals surface area contributed by atoms with E-state index in [4.69, 9.17) is 5.73 Å². The number of nitrogens with zero attached hydrogens (tertiary/aromatic N) is 2. The topological polar surface area (TPSA) is 64.1 Å². The minimum absolute atomic E-state index is 0.288. The molecule has 0 saturated heterocycles. The maximum Gasteiger partial charge on any atom is 0.0718 e. The van der Waals surface area contributed by atoms with Gasteiger partial charge in [-0.15, -0.1) is 0 Å². The first-order valence-corrected chi connectivity index (χ1v) is 4.00. The number of aromatic nitrogens is 2. The molecule has 0 aliphatic heterocycles. The van der Waals surface area contributed by atoms with Crippen LogP contribution in [-0.2, 0) is 13.5 Å². The molecular formula is C8H15N3O. The van der Waals surface area contributed by atoms with Crippen molar-refractivity contribution in [3.05, 3.63) is 17.5 Å². The van der Waals surface area contributed by atoms with Gasteiger partial charge in [-0.1, -0.05) is 0 Å². The average Bonchev–Trinajstić information content (AvgIpc) is 2.30. The van der Waals surface area contributed by atoms with E-state index in [1.54, 1.807) is 4.68 Å². The predicted octanol–water partition coefficient (Wildman–Crippen LogP) is -0.409. The lowest BCUT2D eigenvalue weighted by molar-refractivity contribution is 0.182. The molecule has 0 amide bonds. The number of nitrogens with two attached hydrogens (primary N) is 1. The molecule has 0 aliphatic carbocycles. The molecular weight excluding hydrogens is 154 g/mol. The Morgan fingerprint density at radius 1 is 1.75 bits per heavy atom. The standard InChI is InChI=1S/C8H15N3O/c1-6-5-11(2)10-8(6)3-7(12)4-9/h5,7,12H,3-4,9H2,1-2H3. The van der Waals surface area contributed by atoms with E-state index in [1.807, 2.05) is 20.2 Å². The van der Waals surface area contributed by atoms with Gasteiger partial charge in [-0.25, -0.2) is 0 Å². The van der Waals surface area contributed by atoms with Crippen molar-refractivity contribution in [3.8, 4) is 0 Å². The Labute approximate surface area is 72.0 Å². The van der Waals surface area contributed by atoms with Gasteiger partial charge in [-0.2, -0.15) is 5.10 Å². The minimum Gasteiger partial charge on any atom is -0.391 e. The van der Waals surface area contributed by atoms with Gasteiger partial charge in [-0.3, -0.25) is 4.68 Å². The van der Waals surface area contributed by atoms with Gasteiger partial charge >= 0.3 is 0 Å². The van der Waals surface area contributed by atoms with Crippen LogP contribution < -0.4 is 5.73 Å². The lowest BCUT2D eigenvalue weighted by Gasteiger charge is -2.04. The normalized spacial score (nSPS) is 13.3. The van der Waals surface area contributed by atoms with E-state index in [1.165, 1.54) is 0 Å². The van der Waals surface area contributed by atoms with Crippen molar-refractivity contribution in [1.82, 2.24) is 9.78 Å². The molecule has 0 radical (unpaired) electrons. The van der Waals surface area contributed by atoms with Crippen LogP contribution in [0.25, 0.3) is 0 Å². The van der Waals surface area contributed by atoms with Gasteiger partial charge in [0.2, 0.25) is 0 Å². The van der Waals surface area contributed by atoms with E-state index >= 15 is 0 Å². The van der Waals surface area contributed by atoms with Crippen molar-refractivity contribution in [2.75, 3.05) is 6.54 Å². The molecule has 4 heteroatoms. The van der Waals surface area contributed by atoms with E-state index in [-0.39, 0.29) is 6.54 Å². The van der Waals surface area contributed by atoms with Crippen LogP contribution in [0.15, 0.2) is 6.20 Å². The first kappa shape index (κ1) is 9.22. The zero-order valence-corrected chi connectivity index (χ0v) is 7.49. The van der Waals surface area contributed by atoms with Crippen LogP contribution in [0.2, 0.25) is 0 Å². The highest BCUT2D eigenvalue weighted by atomic mass is 16.3. The average molecular weight is 169 g/mol. The van der Waals surface area contributed by atoms with Crippen LogP contribution in [0.4, 0.5) is 0 Å². The van der Waals surface area contributed by atoms with Crippen LogP contribution in [0.3, 0.4) is 0 Å². The highest BCUT2D eigenvalue weighted by Gasteiger charge is 2.08. The summed E-state index contributed by atoms with van der Waals surface area (Å²) in [7, 11) is 1.87. The third-order valence-electron chi connectivity index (χ3n) is 1.82. The highest BCUT2D eigenvalue weighted by molar-refractivity contribution is 5.15. The number of aryl methyl sites for hydroxylation is 2. The molecule has 1 aromatic heterocycles. The third kappa shape index (κ3) is 2.06. The Morgan fingerprint density at radius 2 is 2.42 bits per heavy atom. The maximum absolute atomic E-state index is 9.27. The summed E-state index contributed by atoms with van der Waals surface area (Å²) >= 11 is 0. The number of hydrogen-bond acceptors (Lipinski definition) is 3. The van der Waals surface area contributed by atoms with E-state index in [0.717, 1.165) is 11.3 Å². The molecule has 4 nitrogen and oxygen atoms in total. The fourth-order valence-electron chi connectivity index (χ4n) is 1.16. The fourth-order valence-corrected chi connectivity index (χ4v) is 1.16. The van der Waals surface area contributed by atoms with Gasteiger partial charge in [0.05, 0.1) is 11.8 Å². The minimum atomic E-state index is -0.474. The summed E-state index contributed by atoms with van der Waals surface area (Å²) < 4.78 is 1.74. The van der Waals surface area contributed by atoms with Crippen molar-refractivity contribution < 1.29 is 5.11 Å². The zero-order valence-electron chi connectivity index (χ0n) is 7.49. The Morgan fingerprint density at radius 3 is 2.83 bits per heavy atom. The summed E-state index contributed by atoms with van der Waals surface area (Å²) in [5.74, 6) is 0. The lowest BCUT2D eigenvalue weighted by atomic mass is 10.1. The van der Waals surface area contributed by atoms with E-state index in [9.17, 15) is 5.11 Å². The molecule has 0 fully saturated rings. The fraction of sp³-hybridized carbons (Fsp3) is 0.625. The Kier molecular flexibility index (Phi) is 2.83. The molecule has 1 rings (SSSR count). The first-order chi connectivity index (χ1) is 5.63. The molecule has 0 aromatic carbocycles. The lowest BCUT2D eigenvalue weighted by Crippen LogP contribution is -2.22. The number of rotatable bonds is 3. The summed E-state index contributed by atoms with van der Waals surface area (Å²) in [6.07, 6.45) is 2.00. The maximum atomic E-state index is 9.27. The van der Waals surface area contributed by atoms with Crippen molar-refractivity contribution >= 4 is 0 Å². The van der Waals surface area contributed by atoms with Crippen molar-refractivity contribution in [1.29, 1.82) is 0 Å². The third-order valence-corrected chi connectivity index (χ3v) is 1.82. The number of aliphatic hydroxyl groups excluding tert-OH is 1. The van der Waals surface area contributed by atoms with Crippen LogP contribution in [0.1, 0.15) is 11.3 Å². The Hall–Kier alpha value is -0.870. The molecule has 3 N–H and O–H groups in total. The first-order valence-electron chi connectivity index (χ1n) is 4.00. The van der Waals surface area contributed by atoms with Crippen molar-refractivity contribution in [2.45, 2.75) is 19.4 Å². The molecule has 0 spiro atoms. The SMILES string of the molecule is Cc1cn(C)nc1CC(O)CN. The second-order valence-electron chi connectivity index (χ2n) is 3.03. The van der Waals surface area contributed by atoms with Crippen LogP contribution >= 0.6 is 0 Å². The van der Waals surface area contributed by atoms with Crippen molar-refractivity contribution in [2.24, 2.45) is 12.8 Å². The van der Waals surface area contributed by atoms with Gasteiger partial charge in [0, 0.05) is 26.2 Å². The smallest absolute Gasteiger partial charge is 0.0718 e. The van der Waals surface area contributed by atoms with Crippen molar-refractivity contribution in [3.63, 3.8) is 0 Å². The largest absolute Gasteiger partial charge is 0.391 e. The quantitative estimate of drug-likeness (QED) is 0.646. The summed E-state index contributed by atoms with van der Waals surface area (Å²) in [5, 5.41) is 13.5. The second-order valence-corrected chi connectivity index (χ2v) is 3.03. The van der Waals surface area contributed by atoms with Gasteiger partial charge in [0.1, 0.15) is 0 Å². The summed E-state index contributed by atoms with van der Waals surface area (Å²) in [5.41, 5.74) is 7.32. The monoisotopic (exact) mass is 169 g/mol. The molecule has 1 heterocycles. The number of hydrogen-bond donors (Lipinski definition) is 2. The van der Waals surface area contributed by atoms with E-state index in [0.29, 0.717) is 6.42 Å². The molecule has 68 valence electrons. The summed E-state index contributed by atoms with van der Waals surface area (Å²) in [4.78, 5) is 0. The van der Waals surface area contributed by atoms with E-state index in [2.05, 4.69) is 5.10 Å². The second kappa shape index (κ2) is 3.69. The molecule has 0 bridgehead atoms. The molecule has 1 atom stereocenters. The van der Waals surface area contributed by atoms with E-state index < -0.39 is 6.10 Å². The van der Waals surface area contributed by atoms with Crippen LogP contribution in [0, 0.1) is 6.92 Å². The highest BCUT2D eigenvalue weighted by Crippen LogP contribution is 2.06. The molecule has 0 saturated carbocycles. The van der Waals surface area contributed by atoms with Gasteiger partial charge in [0.15, 0.2) is 0 Å². The van der Waals surface area contributed by atoms with Gasteiger partial charge in [0.25, 0.3) is 0 Å². The summed E-state index contributed by atoms with van der Waals surface area (Å²) in [6, 6.07) is 0. The number of aliphatic hydroxyl groups is 1. The van der Waals surface area contributed by atoms with Gasteiger partial charge in [-0.05, 0) is 12.5 Å². The zero-order chi connectivity index (χ0) is 9.14. The Bertz CT molecular complexity index is 257. The summed E-state index contributed by atoms with van der Waals surface area (Å²) in [6.45, 7) is 2.27. The van der Waals surface area contributed by atoms with Gasteiger partial charge < -0.3 is 10.8 Å². The van der Waals surface area contributed by atoms with Crippen LogP contribution in [-0.4, -0.2) is 27.5 Å². The molecule has 1 aromatic rings. The Balaban J connectivity index is 2.68. The molecule has 12 heavy (non-hydrogen) atoms. The molecule has 1 unspecified atom stereocenters. The predicted molar refractivity (Wildman–Crippen MR) is 46.7 cm³/mol. The molecule has 0 aliphatic rings. The van der Waals surface area contributed by atoms with Crippen LogP contribution in [0.5, 0.6) is 0 Å².